The average molecular weight is 520 g/mol. The maximum atomic E-state index is 11.6. The highest BCUT2D eigenvalue weighted by atomic mass is 35.5. The first-order valence-electron chi connectivity index (χ1n) is 11.9. The van der Waals surface area contributed by atoms with E-state index in [1.54, 1.807) is 24.5 Å². The number of ether oxygens (including phenoxy) is 2. The Morgan fingerprint density at radius 3 is 2.63 bits per heavy atom. The van der Waals surface area contributed by atoms with Gasteiger partial charge in [0, 0.05) is 41.8 Å². The minimum atomic E-state index is 0.132. The summed E-state index contributed by atoms with van der Waals surface area (Å²) < 4.78 is 12.0. The van der Waals surface area contributed by atoms with Crippen LogP contribution in [0.4, 0.5) is 0 Å². The molecule has 0 spiro atoms. The molecule has 6 nitrogen and oxygen atoms in total. The Bertz CT molecular complexity index is 1690. The van der Waals surface area contributed by atoms with E-state index in [-0.39, 0.29) is 13.2 Å². The van der Waals surface area contributed by atoms with Crippen molar-refractivity contribution >= 4 is 28.7 Å². The molecule has 0 aliphatic rings. The third kappa shape index (κ3) is 5.34. The zero-order valence-electron chi connectivity index (χ0n) is 20.5. The second kappa shape index (κ2) is 11.1. The van der Waals surface area contributed by atoms with Crippen LogP contribution in [-0.2, 0) is 13.2 Å². The van der Waals surface area contributed by atoms with Crippen LogP contribution in [0.5, 0.6) is 11.5 Å². The van der Waals surface area contributed by atoms with Crippen molar-refractivity contribution in [3.05, 3.63) is 118 Å². The first-order valence-corrected chi connectivity index (χ1v) is 12.2. The van der Waals surface area contributed by atoms with Crippen molar-refractivity contribution < 1.29 is 14.3 Å². The summed E-state index contributed by atoms with van der Waals surface area (Å²) in [5.41, 5.74) is 5.75. The molecule has 0 aliphatic carbocycles. The third-order valence-electron chi connectivity index (χ3n) is 6.29. The summed E-state index contributed by atoms with van der Waals surface area (Å²) in [5.74, 6) is 0.731. The molecular formula is C31H22ClN3O3. The van der Waals surface area contributed by atoms with E-state index in [2.05, 4.69) is 41.2 Å². The molecule has 38 heavy (non-hydrogen) atoms. The fourth-order valence-corrected chi connectivity index (χ4v) is 4.45. The smallest absolute Gasteiger partial charge is 0.153 e. The Morgan fingerprint density at radius 1 is 0.921 bits per heavy atom. The molecule has 2 heterocycles. The number of carbonyl (C=O) groups excluding carboxylic acids is 1. The maximum Gasteiger partial charge on any atom is 0.153 e. The molecule has 0 aliphatic heterocycles. The Kier molecular flexibility index (Phi) is 7.30. The van der Waals surface area contributed by atoms with E-state index in [4.69, 9.17) is 26.3 Å². The summed E-state index contributed by atoms with van der Waals surface area (Å²) in [6, 6.07) is 21.3. The van der Waals surface area contributed by atoms with Gasteiger partial charge in [0.25, 0.3) is 0 Å². The molecule has 0 bridgehead atoms. The summed E-state index contributed by atoms with van der Waals surface area (Å²) in [4.78, 5) is 19.9. The Morgan fingerprint density at radius 2 is 1.79 bits per heavy atom. The van der Waals surface area contributed by atoms with Crippen molar-refractivity contribution in [2.75, 3.05) is 0 Å². The second-order valence-electron chi connectivity index (χ2n) is 8.74. The van der Waals surface area contributed by atoms with E-state index in [9.17, 15) is 4.79 Å². The number of rotatable bonds is 8. The van der Waals surface area contributed by atoms with E-state index in [0.717, 1.165) is 33.0 Å². The van der Waals surface area contributed by atoms with Crippen LogP contribution in [-0.4, -0.2) is 16.3 Å². The minimum Gasteiger partial charge on any atom is -0.488 e. The van der Waals surface area contributed by atoms with Crippen LogP contribution < -0.4 is 9.47 Å². The van der Waals surface area contributed by atoms with Gasteiger partial charge < -0.3 is 9.47 Å². The number of nitriles is 1. The summed E-state index contributed by atoms with van der Waals surface area (Å²) in [6.07, 6.45) is 7.42. The Hall–Kier alpha value is -4.73. The summed E-state index contributed by atoms with van der Waals surface area (Å²) in [6.45, 7) is 2.48. The monoisotopic (exact) mass is 519 g/mol. The Balaban J connectivity index is 1.36. The van der Waals surface area contributed by atoms with E-state index >= 15 is 0 Å². The minimum absolute atomic E-state index is 0.132. The highest BCUT2D eigenvalue weighted by molar-refractivity contribution is 6.32. The normalized spacial score (nSPS) is 10.7. The van der Waals surface area contributed by atoms with Gasteiger partial charge in [-0.3, -0.25) is 14.8 Å². The fourth-order valence-electron chi connectivity index (χ4n) is 4.23. The van der Waals surface area contributed by atoms with Gasteiger partial charge in [0.1, 0.15) is 30.8 Å². The number of fused-ring (bicyclic) bond motifs is 1. The average Bonchev–Trinajstić information content (AvgIpc) is 2.96. The number of nitrogens with zero attached hydrogens (tertiary/aromatic N) is 3. The number of pyridine rings is 2. The molecule has 7 heteroatoms. The lowest BCUT2D eigenvalue weighted by Gasteiger charge is -2.16. The van der Waals surface area contributed by atoms with Crippen molar-refractivity contribution in [1.82, 2.24) is 9.97 Å². The predicted molar refractivity (Wildman–Crippen MR) is 146 cm³/mol. The van der Waals surface area contributed by atoms with Crippen molar-refractivity contribution in [3.63, 3.8) is 0 Å². The number of aromatic nitrogens is 2. The fraction of sp³-hybridized carbons (Fsp3) is 0.0968. The van der Waals surface area contributed by atoms with Crippen LogP contribution in [0.25, 0.3) is 21.9 Å². The summed E-state index contributed by atoms with van der Waals surface area (Å²) in [5, 5.41) is 11.6. The maximum absolute atomic E-state index is 11.6. The molecule has 5 aromatic rings. The second-order valence-corrected chi connectivity index (χ2v) is 9.14. The van der Waals surface area contributed by atoms with Crippen LogP contribution >= 0.6 is 11.6 Å². The zero-order chi connectivity index (χ0) is 26.5. The van der Waals surface area contributed by atoms with Gasteiger partial charge in [-0.25, -0.2) is 0 Å². The van der Waals surface area contributed by atoms with Gasteiger partial charge in [-0.1, -0.05) is 41.9 Å². The van der Waals surface area contributed by atoms with Crippen molar-refractivity contribution in [3.8, 4) is 28.7 Å². The summed E-state index contributed by atoms with van der Waals surface area (Å²) in [7, 11) is 0. The van der Waals surface area contributed by atoms with Gasteiger partial charge in [0.2, 0.25) is 0 Å². The van der Waals surface area contributed by atoms with Gasteiger partial charge in [-0.2, -0.15) is 5.26 Å². The van der Waals surface area contributed by atoms with Gasteiger partial charge in [0.05, 0.1) is 16.1 Å². The molecule has 0 saturated carbocycles. The van der Waals surface area contributed by atoms with E-state index in [0.29, 0.717) is 39.5 Å². The lowest BCUT2D eigenvalue weighted by atomic mass is 9.95. The summed E-state index contributed by atoms with van der Waals surface area (Å²) >= 11 is 6.43. The lowest BCUT2D eigenvalue weighted by molar-refractivity contribution is 0.111. The molecule has 0 unspecified atom stereocenters. The largest absolute Gasteiger partial charge is 0.488 e. The first-order chi connectivity index (χ1) is 18.6. The number of halogens is 1. The number of benzene rings is 3. The number of hydrogen-bond acceptors (Lipinski definition) is 6. The molecule has 2 aromatic heterocycles. The van der Waals surface area contributed by atoms with Crippen LogP contribution in [0, 0.1) is 18.3 Å². The molecule has 0 saturated heterocycles. The quantitative estimate of drug-likeness (QED) is 0.203. The topological polar surface area (TPSA) is 85.1 Å². The van der Waals surface area contributed by atoms with E-state index < -0.39 is 0 Å². The highest BCUT2D eigenvalue weighted by Gasteiger charge is 2.13. The van der Waals surface area contributed by atoms with Crippen LogP contribution in [0.2, 0.25) is 5.02 Å². The van der Waals surface area contributed by atoms with Gasteiger partial charge in [0.15, 0.2) is 6.29 Å². The Labute approximate surface area is 225 Å². The number of carbonyl (C=O) groups is 1. The molecular weight excluding hydrogens is 498 g/mol. The molecule has 186 valence electrons. The van der Waals surface area contributed by atoms with Gasteiger partial charge >= 0.3 is 0 Å². The van der Waals surface area contributed by atoms with E-state index in [1.165, 1.54) is 12.3 Å². The molecule has 3 aromatic carbocycles. The van der Waals surface area contributed by atoms with Crippen LogP contribution in [0.1, 0.15) is 32.6 Å². The van der Waals surface area contributed by atoms with E-state index in [1.807, 2.05) is 30.5 Å². The van der Waals surface area contributed by atoms with Crippen molar-refractivity contribution in [2.24, 2.45) is 0 Å². The van der Waals surface area contributed by atoms with Crippen molar-refractivity contribution in [2.45, 2.75) is 20.1 Å². The van der Waals surface area contributed by atoms with Gasteiger partial charge in [-0.05, 0) is 58.8 Å². The van der Waals surface area contributed by atoms with Crippen LogP contribution in [0.3, 0.4) is 0 Å². The van der Waals surface area contributed by atoms with Crippen LogP contribution in [0.15, 0.2) is 85.5 Å². The van der Waals surface area contributed by atoms with Crippen molar-refractivity contribution in [1.29, 1.82) is 5.26 Å². The number of aldehydes is 1. The standard InChI is InChI=1S/C31H22ClN3O3/c1-20-25(3-2-4-28(20)24-6-5-23-7-8-34-16-26(23)10-24)19-38-31-12-30(27(17-36)11-29(31)32)37-18-22-9-21(13-33)14-35-15-22/h2-12,14-17H,18-19H2,1H3. The van der Waals surface area contributed by atoms with Gasteiger partial charge in [-0.15, -0.1) is 0 Å². The SMILES string of the molecule is Cc1c(COc2cc(OCc3cncc(C#N)c3)c(C=O)cc2Cl)cccc1-c1ccc2ccncc2c1. The lowest BCUT2D eigenvalue weighted by Crippen LogP contribution is -2.03. The molecule has 0 amide bonds. The molecule has 5 rings (SSSR count). The molecule has 0 radical (unpaired) electrons. The molecule has 0 atom stereocenters. The highest BCUT2D eigenvalue weighted by Crippen LogP contribution is 2.34. The zero-order valence-corrected chi connectivity index (χ0v) is 21.3. The predicted octanol–water partition coefficient (Wildman–Crippen LogP) is 7.10. The third-order valence-corrected chi connectivity index (χ3v) is 6.59. The first kappa shape index (κ1) is 24.9. The number of hydrogen-bond donors (Lipinski definition) is 0. The molecule has 0 fully saturated rings. The molecule has 0 N–H and O–H groups in total.